The second-order valence-electron chi connectivity index (χ2n) is 6.75. The second-order valence-corrected chi connectivity index (χ2v) is 7.66. The van der Waals surface area contributed by atoms with Crippen molar-refractivity contribution in [3.63, 3.8) is 0 Å². The molecule has 0 spiro atoms. The number of carbonyl (C=O) groups is 1. The molecule has 1 N–H and O–H groups in total. The van der Waals surface area contributed by atoms with E-state index in [-0.39, 0.29) is 17.8 Å². The Morgan fingerprint density at radius 1 is 1.31 bits per heavy atom. The fourth-order valence-electron chi connectivity index (χ4n) is 3.25. The first-order valence-electron chi connectivity index (χ1n) is 8.73. The van der Waals surface area contributed by atoms with Crippen LogP contribution in [0, 0.1) is 12.7 Å². The van der Waals surface area contributed by atoms with Gasteiger partial charge in [0.1, 0.15) is 5.82 Å². The Kier molecular flexibility index (Phi) is 4.36. The van der Waals surface area contributed by atoms with Crippen LogP contribution in [0.3, 0.4) is 0 Å². The smallest absolute Gasteiger partial charge is 0.262 e. The van der Waals surface area contributed by atoms with Crippen molar-refractivity contribution in [2.75, 3.05) is 0 Å². The summed E-state index contributed by atoms with van der Waals surface area (Å²) in [4.78, 5) is 13.5. The first-order chi connectivity index (χ1) is 12.5. The third-order valence-corrected chi connectivity index (χ3v) is 5.78. The Hall–Kier alpha value is -2.47. The van der Waals surface area contributed by atoms with Crippen LogP contribution < -0.4 is 5.32 Å². The molecule has 1 aliphatic rings. The van der Waals surface area contributed by atoms with Gasteiger partial charge in [0.25, 0.3) is 5.91 Å². The number of halogens is 1. The van der Waals surface area contributed by atoms with Crippen molar-refractivity contribution < 1.29 is 9.18 Å². The third-order valence-electron chi connectivity index (χ3n) is 4.85. The highest BCUT2D eigenvalue weighted by Gasteiger charge is 2.29. The Bertz CT molecular complexity index is 940. The second kappa shape index (κ2) is 6.68. The van der Waals surface area contributed by atoms with Crippen molar-refractivity contribution in [2.45, 2.75) is 38.6 Å². The van der Waals surface area contributed by atoms with Crippen LogP contribution in [0.25, 0.3) is 5.69 Å². The highest BCUT2D eigenvalue weighted by Crippen LogP contribution is 2.43. The lowest BCUT2D eigenvalue weighted by Gasteiger charge is -2.14. The number of thiophene rings is 1. The molecule has 1 atom stereocenters. The van der Waals surface area contributed by atoms with E-state index < -0.39 is 0 Å². The first kappa shape index (κ1) is 17.0. The SMILES string of the molecule is Cc1c(C(C)NC(=O)c2sccc2C2CC2)cnn1-c1ccc(F)cc1. The molecule has 134 valence electrons. The Balaban J connectivity index is 1.53. The van der Waals surface area contributed by atoms with Gasteiger partial charge >= 0.3 is 0 Å². The summed E-state index contributed by atoms with van der Waals surface area (Å²) in [7, 11) is 0. The molecular weight excluding hydrogens is 349 g/mol. The number of nitrogens with one attached hydrogen (secondary N) is 1. The molecule has 1 aromatic carbocycles. The Labute approximate surface area is 155 Å². The van der Waals surface area contributed by atoms with Crippen molar-refractivity contribution in [1.82, 2.24) is 15.1 Å². The van der Waals surface area contributed by atoms with Crippen molar-refractivity contribution in [3.05, 3.63) is 69.4 Å². The van der Waals surface area contributed by atoms with E-state index in [4.69, 9.17) is 0 Å². The van der Waals surface area contributed by atoms with Gasteiger partial charge in [-0.1, -0.05) is 0 Å². The maximum absolute atomic E-state index is 13.1. The lowest BCUT2D eigenvalue weighted by Crippen LogP contribution is -2.27. The van der Waals surface area contributed by atoms with Crippen molar-refractivity contribution in [1.29, 1.82) is 0 Å². The number of nitrogens with zero attached hydrogens (tertiary/aromatic N) is 2. The van der Waals surface area contributed by atoms with Gasteiger partial charge in [0.05, 0.1) is 22.8 Å². The van der Waals surface area contributed by atoms with Crippen LogP contribution >= 0.6 is 11.3 Å². The summed E-state index contributed by atoms with van der Waals surface area (Å²) in [6.45, 7) is 3.91. The van der Waals surface area contributed by atoms with E-state index in [2.05, 4.69) is 16.5 Å². The van der Waals surface area contributed by atoms with Gasteiger partial charge in [-0.25, -0.2) is 9.07 Å². The molecule has 26 heavy (non-hydrogen) atoms. The van der Waals surface area contributed by atoms with Gasteiger partial charge in [-0.2, -0.15) is 5.10 Å². The van der Waals surface area contributed by atoms with E-state index in [9.17, 15) is 9.18 Å². The predicted octanol–water partition coefficient (Wildman–Crippen LogP) is 4.75. The molecule has 2 heterocycles. The number of aromatic nitrogens is 2. The number of rotatable bonds is 5. The maximum atomic E-state index is 13.1. The average Bonchev–Trinajstić information content (AvgIpc) is 3.21. The standard InChI is InChI=1S/C20H20FN3OS/c1-12(23-20(25)19-17(9-10-26-19)14-3-4-14)18-11-22-24(13(18)2)16-7-5-15(21)6-8-16/h5-12,14H,3-4H2,1-2H3,(H,23,25). The van der Waals surface area contributed by atoms with Gasteiger partial charge in [0.15, 0.2) is 0 Å². The lowest BCUT2D eigenvalue weighted by atomic mass is 10.1. The molecule has 3 aromatic rings. The number of benzene rings is 1. The van der Waals surface area contributed by atoms with Crippen LogP contribution in [0.2, 0.25) is 0 Å². The van der Waals surface area contributed by atoms with Crippen LogP contribution in [-0.2, 0) is 0 Å². The van der Waals surface area contributed by atoms with Crippen LogP contribution in [0.1, 0.15) is 58.2 Å². The van der Waals surface area contributed by atoms with Gasteiger partial charge in [-0.3, -0.25) is 4.79 Å². The van der Waals surface area contributed by atoms with Gasteiger partial charge in [0, 0.05) is 11.3 Å². The number of carbonyl (C=O) groups excluding carboxylic acids is 1. The topological polar surface area (TPSA) is 46.9 Å². The Morgan fingerprint density at radius 2 is 2.04 bits per heavy atom. The van der Waals surface area contributed by atoms with Crippen LogP contribution in [0.5, 0.6) is 0 Å². The highest BCUT2D eigenvalue weighted by atomic mass is 32.1. The molecule has 4 nitrogen and oxygen atoms in total. The van der Waals surface area contributed by atoms with Crippen molar-refractivity contribution in [2.24, 2.45) is 0 Å². The Morgan fingerprint density at radius 3 is 2.73 bits per heavy atom. The quantitative estimate of drug-likeness (QED) is 0.705. The van der Waals surface area contributed by atoms with Crippen molar-refractivity contribution in [3.8, 4) is 5.69 Å². The molecule has 1 amide bonds. The fraction of sp³-hybridized carbons (Fsp3) is 0.300. The normalized spacial score (nSPS) is 15.0. The summed E-state index contributed by atoms with van der Waals surface area (Å²) >= 11 is 1.50. The highest BCUT2D eigenvalue weighted by molar-refractivity contribution is 7.12. The maximum Gasteiger partial charge on any atom is 0.262 e. The van der Waals surface area contributed by atoms with E-state index in [0.717, 1.165) is 21.8 Å². The summed E-state index contributed by atoms with van der Waals surface area (Å²) in [5, 5.41) is 9.49. The zero-order valence-electron chi connectivity index (χ0n) is 14.7. The van der Waals surface area contributed by atoms with Gasteiger partial charge < -0.3 is 5.32 Å². The van der Waals surface area contributed by atoms with Crippen molar-refractivity contribution >= 4 is 17.2 Å². The molecule has 1 saturated carbocycles. The molecular formula is C20H20FN3OS. The molecule has 4 rings (SSSR count). The lowest BCUT2D eigenvalue weighted by molar-refractivity contribution is 0.0943. The number of hydrogen-bond donors (Lipinski definition) is 1. The minimum atomic E-state index is -0.276. The molecule has 1 unspecified atom stereocenters. The van der Waals surface area contributed by atoms with E-state index in [1.165, 1.54) is 41.9 Å². The molecule has 2 aromatic heterocycles. The minimum Gasteiger partial charge on any atom is -0.345 e. The van der Waals surface area contributed by atoms with E-state index in [0.29, 0.717) is 5.92 Å². The average molecular weight is 369 g/mol. The minimum absolute atomic E-state index is 0.0247. The van der Waals surface area contributed by atoms with E-state index in [1.807, 2.05) is 19.2 Å². The fourth-order valence-corrected chi connectivity index (χ4v) is 4.14. The zero-order valence-corrected chi connectivity index (χ0v) is 15.5. The predicted molar refractivity (Wildman–Crippen MR) is 100 cm³/mol. The monoisotopic (exact) mass is 369 g/mol. The number of amides is 1. The van der Waals surface area contributed by atoms with Crippen LogP contribution in [-0.4, -0.2) is 15.7 Å². The summed E-state index contributed by atoms with van der Waals surface area (Å²) in [5.74, 6) is 0.255. The van der Waals surface area contributed by atoms with Crippen LogP contribution in [0.4, 0.5) is 4.39 Å². The molecule has 0 radical (unpaired) electrons. The summed E-state index contributed by atoms with van der Waals surface area (Å²) < 4.78 is 14.9. The van der Waals surface area contributed by atoms with Gasteiger partial charge in [-0.05, 0) is 73.9 Å². The molecule has 0 aliphatic heterocycles. The summed E-state index contributed by atoms with van der Waals surface area (Å²) in [5.41, 5.74) is 3.85. The number of hydrogen-bond acceptors (Lipinski definition) is 3. The van der Waals surface area contributed by atoms with E-state index >= 15 is 0 Å². The van der Waals surface area contributed by atoms with Gasteiger partial charge in [-0.15, -0.1) is 11.3 Å². The molecule has 0 bridgehead atoms. The van der Waals surface area contributed by atoms with Crippen LogP contribution in [0.15, 0.2) is 41.9 Å². The molecule has 1 aliphatic carbocycles. The summed E-state index contributed by atoms with van der Waals surface area (Å²) in [6, 6.07) is 8.12. The molecule has 1 fully saturated rings. The molecule has 0 saturated heterocycles. The first-order valence-corrected chi connectivity index (χ1v) is 9.61. The molecule has 6 heteroatoms. The largest absolute Gasteiger partial charge is 0.345 e. The summed E-state index contributed by atoms with van der Waals surface area (Å²) in [6.07, 6.45) is 4.12. The van der Waals surface area contributed by atoms with Gasteiger partial charge in [0.2, 0.25) is 0 Å². The van der Waals surface area contributed by atoms with E-state index in [1.54, 1.807) is 23.0 Å². The third kappa shape index (κ3) is 3.17. The zero-order chi connectivity index (χ0) is 18.3.